The number of amides is 1. The number of ether oxygens (including phenoxy) is 1. The monoisotopic (exact) mass is 411 g/mol. The van der Waals surface area contributed by atoms with Gasteiger partial charge < -0.3 is 15.2 Å². The summed E-state index contributed by atoms with van der Waals surface area (Å²) in [4.78, 5) is 24.3. The van der Waals surface area contributed by atoms with Crippen molar-refractivity contribution in [3.05, 3.63) is 108 Å². The number of nitrogens with one attached hydrogen (secondary N) is 1. The number of aliphatic carboxylic acids is 1. The summed E-state index contributed by atoms with van der Waals surface area (Å²) in [5, 5.41) is 13.9. The number of para-hydroxylation sites is 1. The van der Waals surface area contributed by atoms with E-state index in [0.29, 0.717) is 11.3 Å². The lowest BCUT2D eigenvalue weighted by Crippen LogP contribution is -2.42. The van der Waals surface area contributed by atoms with Crippen molar-refractivity contribution in [1.82, 2.24) is 5.32 Å². The third-order valence-corrected chi connectivity index (χ3v) is 4.94. The average molecular weight is 411 g/mol. The molecule has 0 aliphatic heterocycles. The van der Waals surface area contributed by atoms with Crippen molar-refractivity contribution in [2.75, 3.05) is 0 Å². The molecule has 4 aromatic rings. The van der Waals surface area contributed by atoms with Gasteiger partial charge in [-0.15, -0.1) is 0 Å². The molecular weight excluding hydrogens is 390 g/mol. The van der Waals surface area contributed by atoms with Crippen LogP contribution in [0.3, 0.4) is 0 Å². The predicted molar refractivity (Wildman–Crippen MR) is 120 cm³/mol. The fraction of sp³-hybridized carbons (Fsp3) is 0.0769. The van der Waals surface area contributed by atoms with Crippen LogP contribution >= 0.6 is 0 Å². The van der Waals surface area contributed by atoms with Gasteiger partial charge in [-0.1, -0.05) is 60.7 Å². The van der Waals surface area contributed by atoms with Gasteiger partial charge in [-0.05, 0) is 52.7 Å². The Balaban J connectivity index is 1.49. The number of carboxylic acid groups (broad SMARTS) is 1. The molecule has 0 aliphatic carbocycles. The van der Waals surface area contributed by atoms with E-state index >= 15 is 0 Å². The van der Waals surface area contributed by atoms with Crippen LogP contribution in [-0.2, 0) is 11.2 Å². The Morgan fingerprint density at radius 2 is 1.42 bits per heavy atom. The Bertz CT molecular complexity index is 1210. The van der Waals surface area contributed by atoms with Gasteiger partial charge in [0.1, 0.15) is 17.5 Å². The second-order valence-electron chi connectivity index (χ2n) is 7.19. The number of hydrogen-bond donors (Lipinski definition) is 2. The van der Waals surface area contributed by atoms with Gasteiger partial charge in [0.25, 0.3) is 5.91 Å². The van der Waals surface area contributed by atoms with E-state index in [1.807, 2.05) is 84.9 Å². The van der Waals surface area contributed by atoms with E-state index in [0.717, 1.165) is 22.1 Å². The quantitative estimate of drug-likeness (QED) is 0.446. The molecule has 1 atom stereocenters. The lowest BCUT2D eigenvalue weighted by molar-refractivity contribution is -0.139. The van der Waals surface area contributed by atoms with Crippen LogP contribution in [0.15, 0.2) is 97.1 Å². The van der Waals surface area contributed by atoms with E-state index in [2.05, 4.69) is 5.32 Å². The molecule has 0 heterocycles. The first-order valence-electron chi connectivity index (χ1n) is 9.93. The molecule has 0 saturated heterocycles. The molecule has 2 N–H and O–H groups in total. The van der Waals surface area contributed by atoms with Crippen molar-refractivity contribution in [3.63, 3.8) is 0 Å². The zero-order chi connectivity index (χ0) is 21.6. The summed E-state index contributed by atoms with van der Waals surface area (Å²) >= 11 is 0. The van der Waals surface area contributed by atoms with E-state index in [1.54, 1.807) is 12.1 Å². The van der Waals surface area contributed by atoms with Crippen molar-refractivity contribution in [2.45, 2.75) is 12.5 Å². The van der Waals surface area contributed by atoms with Crippen LogP contribution in [0.5, 0.6) is 11.5 Å². The number of fused-ring (bicyclic) bond motifs is 1. The number of benzene rings is 4. The molecule has 5 heteroatoms. The summed E-state index contributed by atoms with van der Waals surface area (Å²) < 4.78 is 5.86. The molecule has 4 rings (SSSR count). The lowest BCUT2D eigenvalue weighted by atomic mass is 10.0. The molecule has 31 heavy (non-hydrogen) atoms. The van der Waals surface area contributed by atoms with Crippen LogP contribution < -0.4 is 10.1 Å². The maximum atomic E-state index is 12.7. The largest absolute Gasteiger partial charge is 0.480 e. The van der Waals surface area contributed by atoms with Crippen LogP contribution in [0.2, 0.25) is 0 Å². The Labute approximate surface area is 179 Å². The van der Waals surface area contributed by atoms with Crippen molar-refractivity contribution < 1.29 is 19.4 Å². The zero-order valence-electron chi connectivity index (χ0n) is 16.7. The molecule has 154 valence electrons. The fourth-order valence-corrected chi connectivity index (χ4v) is 3.34. The van der Waals surface area contributed by atoms with Gasteiger partial charge in [0.15, 0.2) is 0 Å². The number of carboxylic acids is 1. The van der Waals surface area contributed by atoms with E-state index < -0.39 is 17.9 Å². The van der Waals surface area contributed by atoms with Crippen molar-refractivity contribution in [2.24, 2.45) is 0 Å². The van der Waals surface area contributed by atoms with Gasteiger partial charge in [0.05, 0.1) is 0 Å². The second-order valence-corrected chi connectivity index (χ2v) is 7.19. The Hall–Kier alpha value is -4.12. The molecule has 0 fully saturated rings. The minimum absolute atomic E-state index is 0.218. The summed E-state index contributed by atoms with van der Waals surface area (Å²) in [5.41, 5.74) is 1.25. The summed E-state index contributed by atoms with van der Waals surface area (Å²) in [6, 6.07) is 28.6. The minimum Gasteiger partial charge on any atom is -0.480 e. The maximum absolute atomic E-state index is 12.7. The highest BCUT2D eigenvalue weighted by molar-refractivity contribution is 6.00. The molecule has 0 aliphatic rings. The number of hydrogen-bond acceptors (Lipinski definition) is 3. The molecule has 1 amide bonds. The Kier molecular flexibility index (Phi) is 5.94. The standard InChI is InChI=1S/C26H21NO4/c28-25(27-24(26(29)30)15-18-7-3-1-4-8-18)21-12-11-20-17-23(14-13-19(20)16-21)31-22-9-5-2-6-10-22/h1-14,16-17,24H,15H2,(H,27,28)(H,29,30)/t24-/m0/s1. The minimum atomic E-state index is -1.07. The molecule has 0 spiro atoms. The van der Waals surface area contributed by atoms with Gasteiger partial charge in [-0.3, -0.25) is 4.79 Å². The molecule has 5 nitrogen and oxygen atoms in total. The Morgan fingerprint density at radius 3 is 2.13 bits per heavy atom. The normalized spacial score (nSPS) is 11.6. The topological polar surface area (TPSA) is 75.6 Å². The molecule has 0 bridgehead atoms. The van der Waals surface area contributed by atoms with Gasteiger partial charge in [0.2, 0.25) is 0 Å². The molecule has 0 radical (unpaired) electrons. The molecule has 0 saturated carbocycles. The average Bonchev–Trinajstić information content (AvgIpc) is 2.79. The van der Waals surface area contributed by atoms with Crippen LogP contribution in [0.25, 0.3) is 10.8 Å². The first-order chi connectivity index (χ1) is 15.1. The van der Waals surface area contributed by atoms with Crippen molar-refractivity contribution in [3.8, 4) is 11.5 Å². The van der Waals surface area contributed by atoms with Gasteiger partial charge in [-0.25, -0.2) is 4.79 Å². The maximum Gasteiger partial charge on any atom is 0.326 e. The number of carbonyl (C=O) groups is 2. The van der Waals surface area contributed by atoms with Gasteiger partial charge in [0, 0.05) is 12.0 Å². The predicted octanol–water partition coefficient (Wildman–Crippen LogP) is 5.06. The summed E-state index contributed by atoms with van der Waals surface area (Å²) in [6.07, 6.45) is 0.218. The lowest BCUT2D eigenvalue weighted by Gasteiger charge is -2.15. The van der Waals surface area contributed by atoms with Crippen LogP contribution in [0.4, 0.5) is 0 Å². The van der Waals surface area contributed by atoms with E-state index in [1.165, 1.54) is 0 Å². The van der Waals surface area contributed by atoms with E-state index in [4.69, 9.17) is 4.74 Å². The van der Waals surface area contributed by atoms with E-state index in [-0.39, 0.29) is 6.42 Å². The van der Waals surface area contributed by atoms with Gasteiger partial charge in [-0.2, -0.15) is 0 Å². The zero-order valence-corrected chi connectivity index (χ0v) is 16.7. The molecular formula is C26H21NO4. The van der Waals surface area contributed by atoms with Crippen molar-refractivity contribution >= 4 is 22.6 Å². The summed E-state index contributed by atoms with van der Waals surface area (Å²) in [5.74, 6) is -0.0452. The number of rotatable bonds is 7. The second kappa shape index (κ2) is 9.13. The third-order valence-electron chi connectivity index (χ3n) is 4.94. The van der Waals surface area contributed by atoms with Gasteiger partial charge >= 0.3 is 5.97 Å². The fourth-order valence-electron chi connectivity index (χ4n) is 3.34. The number of carbonyl (C=O) groups excluding carboxylic acids is 1. The van der Waals surface area contributed by atoms with Crippen LogP contribution in [0, 0.1) is 0 Å². The highest BCUT2D eigenvalue weighted by Crippen LogP contribution is 2.26. The molecule has 4 aromatic carbocycles. The first-order valence-corrected chi connectivity index (χ1v) is 9.93. The van der Waals surface area contributed by atoms with Crippen molar-refractivity contribution in [1.29, 1.82) is 0 Å². The Morgan fingerprint density at radius 1 is 0.774 bits per heavy atom. The third kappa shape index (κ3) is 5.08. The molecule has 0 unspecified atom stereocenters. The van der Waals surface area contributed by atoms with Crippen LogP contribution in [-0.4, -0.2) is 23.0 Å². The summed E-state index contributed by atoms with van der Waals surface area (Å²) in [6.45, 7) is 0. The molecule has 0 aromatic heterocycles. The van der Waals surface area contributed by atoms with Crippen LogP contribution in [0.1, 0.15) is 15.9 Å². The first kappa shape index (κ1) is 20.2. The van der Waals surface area contributed by atoms with E-state index in [9.17, 15) is 14.7 Å². The summed E-state index contributed by atoms with van der Waals surface area (Å²) in [7, 11) is 0. The SMILES string of the molecule is O=C(N[C@@H](Cc1ccccc1)C(=O)O)c1ccc2cc(Oc3ccccc3)ccc2c1. The smallest absolute Gasteiger partial charge is 0.326 e. The highest BCUT2D eigenvalue weighted by atomic mass is 16.5. The highest BCUT2D eigenvalue weighted by Gasteiger charge is 2.21.